The van der Waals surface area contributed by atoms with E-state index in [9.17, 15) is 0 Å². The van der Waals surface area contributed by atoms with Crippen molar-refractivity contribution in [3.8, 4) is 0 Å². The molecule has 0 aromatic heterocycles. The molecule has 0 unspecified atom stereocenters. The van der Waals surface area contributed by atoms with Crippen LogP contribution in [0.4, 0.5) is 0 Å². The van der Waals surface area contributed by atoms with Crippen LogP contribution in [0.3, 0.4) is 0 Å². The van der Waals surface area contributed by atoms with Crippen molar-refractivity contribution in [1.82, 2.24) is 0 Å². The zero-order chi connectivity index (χ0) is 7.33. The van der Waals surface area contributed by atoms with Crippen LogP contribution in [0.15, 0.2) is 0 Å². The van der Waals surface area contributed by atoms with Crippen LogP contribution < -0.4 is 0 Å². The van der Waals surface area contributed by atoms with Gasteiger partial charge in [-0.25, -0.2) is 0 Å². The molecular weight excluding hydrogens is 207 g/mol. The fourth-order valence-electron chi connectivity index (χ4n) is 0.328. The van der Waals surface area contributed by atoms with Crippen molar-refractivity contribution < 1.29 is 0 Å². The molecule has 0 fully saturated rings. The summed E-state index contributed by atoms with van der Waals surface area (Å²) in [5.41, 5.74) is 0. The Morgan fingerprint density at radius 3 is 2.44 bits per heavy atom. The molecule has 0 atom stereocenters. The second-order valence-electron chi connectivity index (χ2n) is 1.68. The third-order valence-electron chi connectivity index (χ3n) is 0.757. The largest absolute Gasteiger partial charge is 0.122 e. The molecule has 0 bridgehead atoms. The summed E-state index contributed by atoms with van der Waals surface area (Å²) in [6.45, 7) is 2.17. The normalized spacial score (nSPS) is 11.9. The third kappa shape index (κ3) is 9.70. The van der Waals surface area contributed by atoms with Crippen molar-refractivity contribution in [3.05, 3.63) is 0 Å². The molecule has 9 heavy (non-hydrogen) atoms. The quantitative estimate of drug-likeness (QED) is 0.420. The molecule has 0 N–H and O–H groups in total. The molecule has 5 heteroatoms. The lowest BCUT2D eigenvalue weighted by molar-refractivity contribution is 0.898. The summed E-state index contributed by atoms with van der Waals surface area (Å²) in [6, 6.07) is 0. The summed E-state index contributed by atoms with van der Waals surface area (Å²) in [6.07, 6.45) is 2.45. The summed E-state index contributed by atoms with van der Waals surface area (Å²) in [5, 5.41) is 0. The first-order chi connectivity index (χ1) is 4.06. The first kappa shape index (κ1) is 10.7. The average Bonchev–Trinajstić information content (AvgIpc) is 1.63. The molecule has 0 aliphatic heterocycles. The van der Waals surface area contributed by atoms with E-state index in [1.54, 1.807) is 11.4 Å². The van der Waals surface area contributed by atoms with E-state index in [1.807, 2.05) is 0 Å². The van der Waals surface area contributed by atoms with E-state index in [-0.39, 0.29) is 0 Å². The van der Waals surface area contributed by atoms with E-state index in [1.165, 1.54) is 12.8 Å². The Kier molecular flexibility index (Phi) is 6.38. The van der Waals surface area contributed by atoms with Crippen molar-refractivity contribution in [3.63, 3.8) is 0 Å². The van der Waals surface area contributed by atoms with Gasteiger partial charge in [0.05, 0.1) is 0 Å². The van der Waals surface area contributed by atoms with Crippen LogP contribution in [-0.4, -0.2) is 5.75 Å². The molecule has 56 valence electrons. The van der Waals surface area contributed by atoms with Gasteiger partial charge in [-0.1, -0.05) is 25.2 Å². The zero-order valence-corrected chi connectivity index (χ0v) is 9.60. The molecule has 0 aliphatic carbocycles. The summed E-state index contributed by atoms with van der Waals surface area (Å²) in [7, 11) is 0. The standard InChI is InChI=1S/C4H11PS4/c1-2-3-4-9-5(6,7)8/h2-4H2,1H3,(H2,6,7,8). The third-order valence-corrected chi connectivity index (χ3v) is 6.15. The van der Waals surface area contributed by atoms with E-state index in [2.05, 4.69) is 31.4 Å². The first-order valence-corrected chi connectivity index (χ1v) is 9.46. The highest BCUT2D eigenvalue weighted by molar-refractivity contribution is 9.17. The van der Waals surface area contributed by atoms with Crippen LogP contribution >= 0.6 is 39.5 Å². The molecule has 0 spiro atoms. The van der Waals surface area contributed by atoms with Crippen LogP contribution in [-0.2, 0) is 11.8 Å². The van der Waals surface area contributed by atoms with Crippen molar-refractivity contribution in [2.45, 2.75) is 19.8 Å². The van der Waals surface area contributed by atoms with Gasteiger partial charge >= 0.3 is 0 Å². The van der Waals surface area contributed by atoms with Gasteiger partial charge in [-0.3, -0.25) is 0 Å². The molecule has 0 aromatic rings. The number of unbranched alkanes of at least 4 members (excludes halogenated alkanes) is 1. The van der Waals surface area contributed by atoms with E-state index in [0.717, 1.165) is 5.75 Å². The minimum Gasteiger partial charge on any atom is -0.122 e. The lowest BCUT2D eigenvalue weighted by atomic mass is 10.4. The Morgan fingerprint density at radius 2 is 2.11 bits per heavy atom. The molecule has 0 saturated carbocycles. The molecule has 0 radical (unpaired) electrons. The first-order valence-electron chi connectivity index (χ1n) is 2.76. The van der Waals surface area contributed by atoms with Crippen LogP contribution in [0.5, 0.6) is 0 Å². The molecule has 0 nitrogen and oxygen atoms in total. The minimum atomic E-state index is -1.56. The van der Waals surface area contributed by atoms with E-state index < -0.39 is 3.64 Å². The lowest BCUT2D eigenvalue weighted by Crippen LogP contribution is -1.71. The summed E-state index contributed by atoms with van der Waals surface area (Å²) < 4.78 is -1.56. The summed E-state index contributed by atoms with van der Waals surface area (Å²) in [4.78, 5) is 0. The second kappa shape index (κ2) is 5.36. The number of rotatable bonds is 4. The Labute approximate surface area is 76.6 Å². The summed E-state index contributed by atoms with van der Waals surface area (Å²) >= 11 is 15.1. The van der Waals surface area contributed by atoms with Gasteiger partial charge in [-0.05, 0) is 12.2 Å². The zero-order valence-electron chi connectivity index (χ0n) is 5.28. The van der Waals surface area contributed by atoms with Gasteiger partial charge in [0.1, 0.15) is 3.64 Å². The van der Waals surface area contributed by atoms with Gasteiger partial charge < -0.3 is 0 Å². The van der Waals surface area contributed by atoms with Crippen molar-refractivity contribution in [2.75, 3.05) is 5.75 Å². The average molecular weight is 218 g/mol. The van der Waals surface area contributed by atoms with Crippen LogP contribution in [0.2, 0.25) is 0 Å². The fraction of sp³-hybridized carbons (Fsp3) is 1.00. The molecule has 0 saturated heterocycles. The Hall–Kier alpha value is 1.70. The molecule has 0 aromatic carbocycles. The van der Waals surface area contributed by atoms with E-state index in [0.29, 0.717) is 0 Å². The monoisotopic (exact) mass is 218 g/mol. The van der Waals surface area contributed by atoms with E-state index >= 15 is 0 Å². The maximum absolute atomic E-state index is 5.00. The SMILES string of the molecule is CCCCSP(=S)(S)S. The molecule has 0 aliphatic rings. The van der Waals surface area contributed by atoms with Gasteiger partial charge in [0.25, 0.3) is 0 Å². The summed E-state index contributed by atoms with van der Waals surface area (Å²) in [5.74, 6) is 1.11. The Morgan fingerprint density at radius 1 is 1.56 bits per heavy atom. The highest BCUT2D eigenvalue weighted by atomic mass is 33.5. The maximum atomic E-state index is 5.00. The van der Waals surface area contributed by atoms with Crippen molar-refractivity contribution in [1.29, 1.82) is 0 Å². The minimum absolute atomic E-state index is 1.11. The van der Waals surface area contributed by atoms with Crippen molar-refractivity contribution >= 4 is 51.3 Å². The molecule has 0 heterocycles. The number of thiol groups is 2. The van der Waals surface area contributed by atoms with Gasteiger partial charge in [-0.15, -0.1) is 35.9 Å². The van der Waals surface area contributed by atoms with Gasteiger partial charge in [0.15, 0.2) is 0 Å². The number of hydrogen-bond donors (Lipinski definition) is 2. The van der Waals surface area contributed by atoms with E-state index in [4.69, 9.17) is 11.8 Å². The maximum Gasteiger partial charge on any atom is 0.103 e. The van der Waals surface area contributed by atoms with Crippen LogP contribution in [0, 0.1) is 0 Å². The number of hydrogen-bond acceptors (Lipinski definition) is 2. The highest BCUT2D eigenvalue weighted by Gasteiger charge is 2.02. The topological polar surface area (TPSA) is 0 Å². The van der Waals surface area contributed by atoms with Gasteiger partial charge in [0, 0.05) is 0 Å². The Bertz CT molecular complexity index is 107. The van der Waals surface area contributed by atoms with Gasteiger partial charge in [-0.2, -0.15) is 0 Å². The van der Waals surface area contributed by atoms with Crippen LogP contribution in [0.25, 0.3) is 0 Å². The van der Waals surface area contributed by atoms with Crippen LogP contribution in [0.1, 0.15) is 19.8 Å². The lowest BCUT2D eigenvalue weighted by Gasteiger charge is -2.04. The predicted molar refractivity (Wildman–Crippen MR) is 59.6 cm³/mol. The van der Waals surface area contributed by atoms with Gasteiger partial charge in [0.2, 0.25) is 0 Å². The molecule has 0 amide bonds. The highest BCUT2D eigenvalue weighted by Crippen LogP contribution is 2.67. The predicted octanol–water partition coefficient (Wildman–Crippen LogP) is 3.60. The second-order valence-corrected chi connectivity index (χ2v) is 15.9. The Balaban J connectivity index is 3.18. The molecular formula is C4H11PS4. The van der Waals surface area contributed by atoms with Crippen molar-refractivity contribution in [2.24, 2.45) is 0 Å². The smallest absolute Gasteiger partial charge is 0.103 e. The fourth-order valence-corrected chi connectivity index (χ4v) is 4.22. The molecule has 0 rings (SSSR count).